The van der Waals surface area contributed by atoms with Crippen LogP contribution < -0.4 is 0 Å². The van der Waals surface area contributed by atoms with Crippen LogP contribution in [-0.2, 0) is 23.8 Å². The van der Waals surface area contributed by atoms with E-state index >= 15 is 0 Å². The summed E-state index contributed by atoms with van der Waals surface area (Å²) in [6.45, 7) is 9.94. The van der Waals surface area contributed by atoms with Crippen molar-refractivity contribution < 1.29 is 22.1 Å². The molecule has 0 N–H and O–H groups in total. The molecule has 0 unspecified atom stereocenters. The summed E-state index contributed by atoms with van der Waals surface area (Å²) in [5.74, 6) is 0.426. The third-order valence-corrected chi connectivity index (χ3v) is 6.16. The fourth-order valence-corrected chi connectivity index (χ4v) is 4.23. The van der Waals surface area contributed by atoms with Crippen LogP contribution in [0.1, 0.15) is 46.1 Å². The van der Waals surface area contributed by atoms with Gasteiger partial charge in [0.15, 0.2) is 0 Å². The van der Waals surface area contributed by atoms with E-state index in [0.29, 0.717) is 12.5 Å². The van der Waals surface area contributed by atoms with E-state index in [1.807, 2.05) is 27.7 Å². The van der Waals surface area contributed by atoms with Gasteiger partial charge in [-0.25, -0.2) is 0 Å². The Morgan fingerprint density at radius 3 is 2.15 bits per heavy atom. The summed E-state index contributed by atoms with van der Waals surface area (Å²) in [4.78, 5) is 12.2. The molecule has 1 saturated carbocycles. The number of ether oxygens (including phenoxy) is 1. The highest BCUT2D eigenvalue weighted by Gasteiger charge is 2.35. The predicted molar refractivity (Wildman–Crippen MR) is 100 cm³/mol. The Labute approximate surface area is 157 Å². The summed E-state index contributed by atoms with van der Waals surface area (Å²) in [5.41, 5.74) is 0.458. The molecule has 0 radical (unpaired) electrons. The van der Waals surface area contributed by atoms with E-state index in [1.165, 1.54) is 0 Å². The van der Waals surface area contributed by atoms with Gasteiger partial charge in [0, 0.05) is 0 Å². The largest absolute Gasteiger partial charge is 0.465 e. The van der Waals surface area contributed by atoms with Gasteiger partial charge >= 0.3 is 5.97 Å². The zero-order valence-corrected chi connectivity index (χ0v) is 17.1. The molecule has 2 rings (SSSR count). The molecular formula is C20H30O5S. The predicted octanol–water partition coefficient (Wildman–Crippen LogP) is 3.95. The second-order valence-corrected chi connectivity index (χ2v) is 10.1. The Bertz CT molecular complexity index is 716. The van der Waals surface area contributed by atoms with E-state index in [9.17, 15) is 13.2 Å². The minimum absolute atomic E-state index is 0.0676. The van der Waals surface area contributed by atoms with Crippen molar-refractivity contribution in [3.63, 3.8) is 0 Å². The summed E-state index contributed by atoms with van der Waals surface area (Å²) >= 11 is 0. The Balaban J connectivity index is 1.96. The summed E-state index contributed by atoms with van der Waals surface area (Å²) in [6, 6.07) is 6.63. The highest BCUT2D eigenvalue weighted by Crippen LogP contribution is 2.37. The van der Waals surface area contributed by atoms with Gasteiger partial charge in [-0.2, -0.15) is 8.42 Å². The molecule has 1 aliphatic carbocycles. The molecule has 5 nitrogen and oxygen atoms in total. The Hall–Kier alpha value is -1.40. The molecule has 146 valence electrons. The fraction of sp³-hybridized carbons (Fsp3) is 0.650. The molecule has 0 amide bonds. The molecule has 26 heavy (non-hydrogen) atoms. The first-order chi connectivity index (χ1) is 12.0. The monoisotopic (exact) mass is 382 g/mol. The van der Waals surface area contributed by atoms with Crippen molar-refractivity contribution in [3.05, 3.63) is 29.8 Å². The summed E-state index contributed by atoms with van der Waals surface area (Å²) < 4.78 is 35.5. The molecule has 1 aliphatic rings. The van der Waals surface area contributed by atoms with Gasteiger partial charge in [-0.3, -0.25) is 8.98 Å². The van der Waals surface area contributed by atoms with Crippen LogP contribution in [0.25, 0.3) is 0 Å². The lowest BCUT2D eigenvalue weighted by atomic mass is 9.96. The number of rotatable bonds is 6. The fourth-order valence-electron chi connectivity index (χ4n) is 3.27. The highest BCUT2D eigenvalue weighted by atomic mass is 32.2. The molecule has 1 fully saturated rings. The first kappa shape index (κ1) is 20.9. The third kappa shape index (κ3) is 5.55. The van der Waals surface area contributed by atoms with Crippen LogP contribution in [0, 0.1) is 30.1 Å². The zero-order chi connectivity index (χ0) is 19.5. The van der Waals surface area contributed by atoms with Crippen molar-refractivity contribution in [3.8, 4) is 0 Å². The molecule has 0 heterocycles. The Kier molecular flexibility index (Phi) is 6.51. The molecule has 3 atom stereocenters. The van der Waals surface area contributed by atoms with Crippen molar-refractivity contribution in [2.75, 3.05) is 13.2 Å². The minimum Gasteiger partial charge on any atom is -0.465 e. The summed E-state index contributed by atoms with van der Waals surface area (Å²) in [6.07, 6.45) is 1.79. The molecule has 0 saturated heterocycles. The molecule has 0 bridgehead atoms. The standard InChI is InChI=1S/C20H30O5S/c1-14-6-8-18(9-7-14)26(22,23)25-13-17-11-15(2)10-16(17)12-24-19(21)20(3,4)5/h6-9,15-17H,10-13H2,1-5H3/t15-,16+,17+/m0/s1. The van der Waals surface area contributed by atoms with E-state index in [-0.39, 0.29) is 29.3 Å². The minimum atomic E-state index is -3.77. The van der Waals surface area contributed by atoms with Gasteiger partial charge in [-0.05, 0) is 70.4 Å². The number of benzene rings is 1. The molecule has 0 spiro atoms. The lowest BCUT2D eigenvalue weighted by molar-refractivity contribution is -0.154. The number of hydrogen-bond acceptors (Lipinski definition) is 5. The van der Waals surface area contributed by atoms with Crippen LogP contribution in [0.15, 0.2) is 29.2 Å². The second kappa shape index (κ2) is 8.09. The maximum absolute atomic E-state index is 12.4. The smallest absolute Gasteiger partial charge is 0.311 e. The topological polar surface area (TPSA) is 69.7 Å². The van der Waals surface area contributed by atoms with Crippen LogP contribution in [0.4, 0.5) is 0 Å². The van der Waals surface area contributed by atoms with Gasteiger partial charge in [0.05, 0.1) is 23.5 Å². The molecule has 6 heteroatoms. The quantitative estimate of drug-likeness (QED) is 0.550. The number of carbonyl (C=O) groups excluding carboxylic acids is 1. The average Bonchev–Trinajstić information content (AvgIpc) is 2.90. The van der Waals surface area contributed by atoms with Crippen molar-refractivity contribution in [2.45, 2.75) is 52.4 Å². The molecular weight excluding hydrogens is 352 g/mol. The van der Waals surface area contributed by atoms with E-state index in [1.54, 1.807) is 24.3 Å². The second-order valence-electron chi connectivity index (χ2n) is 8.50. The molecule has 0 aliphatic heterocycles. The highest BCUT2D eigenvalue weighted by molar-refractivity contribution is 7.86. The SMILES string of the molecule is Cc1ccc(S(=O)(=O)OC[C@H]2C[C@@H](C)C[C@@H]2COC(=O)C(C)(C)C)cc1. The van der Waals surface area contributed by atoms with E-state index in [4.69, 9.17) is 8.92 Å². The van der Waals surface area contributed by atoms with Crippen LogP contribution in [-0.4, -0.2) is 27.6 Å². The Morgan fingerprint density at radius 1 is 1.08 bits per heavy atom. The first-order valence-corrected chi connectivity index (χ1v) is 10.5. The van der Waals surface area contributed by atoms with Crippen molar-refractivity contribution in [2.24, 2.45) is 23.2 Å². The molecule has 0 aromatic heterocycles. The van der Waals surface area contributed by atoms with Gasteiger partial charge in [0.1, 0.15) is 0 Å². The third-order valence-electron chi connectivity index (χ3n) is 4.86. The number of carbonyl (C=O) groups is 1. The van der Waals surface area contributed by atoms with E-state index in [0.717, 1.165) is 18.4 Å². The van der Waals surface area contributed by atoms with Crippen molar-refractivity contribution in [1.29, 1.82) is 0 Å². The summed E-state index contributed by atoms with van der Waals surface area (Å²) in [5, 5.41) is 0. The maximum Gasteiger partial charge on any atom is 0.311 e. The zero-order valence-electron chi connectivity index (χ0n) is 16.3. The average molecular weight is 383 g/mol. The van der Waals surface area contributed by atoms with Crippen LogP contribution in [0.3, 0.4) is 0 Å². The molecule has 1 aromatic carbocycles. The first-order valence-electron chi connectivity index (χ1n) is 9.12. The van der Waals surface area contributed by atoms with Crippen LogP contribution >= 0.6 is 0 Å². The Morgan fingerprint density at radius 2 is 1.62 bits per heavy atom. The van der Waals surface area contributed by atoms with E-state index in [2.05, 4.69) is 6.92 Å². The lowest BCUT2D eigenvalue weighted by Gasteiger charge is -2.22. The number of aryl methyl sites for hydroxylation is 1. The normalized spacial score (nSPS) is 23.8. The lowest BCUT2D eigenvalue weighted by Crippen LogP contribution is -2.28. The van der Waals surface area contributed by atoms with Gasteiger partial charge in [-0.15, -0.1) is 0 Å². The number of esters is 1. The number of hydrogen-bond donors (Lipinski definition) is 0. The summed E-state index contributed by atoms with van der Waals surface area (Å²) in [7, 11) is -3.77. The van der Waals surface area contributed by atoms with Gasteiger partial charge in [0.25, 0.3) is 10.1 Å². The maximum atomic E-state index is 12.4. The van der Waals surface area contributed by atoms with Gasteiger partial charge < -0.3 is 4.74 Å². The van der Waals surface area contributed by atoms with Crippen molar-refractivity contribution >= 4 is 16.1 Å². The van der Waals surface area contributed by atoms with Gasteiger partial charge in [-0.1, -0.05) is 24.6 Å². The van der Waals surface area contributed by atoms with Crippen LogP contribution in [0.5, 0.6) is 0 Å². The van der Waals surface area contributed by atoms with E-state index < -0.39 is 15.5 Å². The van der Waals surface area contributed by atoms with Crippen molar-refractivity contribution in [1.82, 2.24) is 0 Å². The van der Waals surface area contributed by atoms with Crippen LogP contribution in [0.2, 0.25) is 0 Å². The van der Waals surface area contributed by atoms with Gasteiger partial charge in [0.2, 0.25) is 0 Å². The molecule has 1 aromatic rings.